The molecule has 0 aliphatic rings. The van der Waals surface area contributed by atoms with E-state index in [0.717, 1.165) is 0 Å². The molecule has 0 atom stereocenters. The highest BCUT2D eigenvalue weighted by molar-refractivity contribution is 6.33. The molecule has 150 valence electrons. The quantitative estimate of drug-likeness (QED) is 0.652. The number of carbonyl (C=O) groups is 2. The van der Waals surface area contributed by atoms with Crippen LogP contribution >= 0.6 is 11.6 Å². The fraction of sp³-hybridized carbons (Fsp3) is 0.190. The van der Waals surface area contributed by atoms with Gasteiger partial charge in [-0.2, -0.15) is 0 Å². The van der Waals surface area contributed by atoms with E-state index in [2.05, 4.69) is 10.6 Å². The Kier molecular flexibility index (Phi) is 6.19. The molecule has 0 radical (unpaired) electrons. The van der Waals surface area contributed by atoms with E-state index in [0.29, 0.717) is 22.0 Å². The van der Waals surface area contributed by atoms with Gasteiger partial charge >= 0.3 is 0 Å². The molecule has 2 N–H and O–H groups in total. The number of halogens is 1. The molecule has 0 bridgehead atoms. The van der Waals surface area contributed by atoms with Crippen molar-refractivity contribution in [1.29, 1.82) is 0 Å². The molecular weight excluding hydrogens is 392 g/mol. The smallest absolute Gasteiger partial charge is 0.295 e. The molecule has 0 saturated heterocycles. The molecule has 1 aromatic heterocycles. The second-order valence-electron chi connectivity index (χ2n) is 6.47. The minimum atomic E-state index is -0.365. The van der Waals surface area contributed by atoms with E-state index >= 15 is 0 Å². The van der Waals surface area contributed by atoms with Crippen molar-refractivity contribution in [3.63, 3.8) is 0 Å². The summed E-state index contributed by atoms with van der Waals surface area (Å²) in [6, 6.07) is 15.8. The predicted octanol–water partition coefficient (Wildman–Crippen LogP) is 2.90. The molecule has 2 aromatic carbocycles. The number of nitrogens with one attached hydrogen (secondary N) is 2. The average Bonchev–Trinajstić information content (AvgIpc) is 2.92. The number of para-hydroxylation sites is 1. The van der Waals surface area contributed by atoms with Crippen molar-refractivity contribution in [3.8, 4) is 5.69 Å². The molecule has 0 fully saturated rings. The maximum atomic E-state index is 12.8. The van der Waals surface area contributed by atoms with Crippen LogP contribution in [0.2, 0.25) is 5.02 Å². The third kappa shape index (κ3) is 4.41. The largest absolute Gasteiger partial charge is 0.351 e. The Morgan fingerprint density at radius 1 is 1.03 bits per heavy atom. The summed E-state index contributed by atoms with van der Waals surface area (Å²) in [5, 5.41) is 5.66. The third-order valence-electron chi connectivity index (χ3n) is 4.57. The van der Waals surface area contributed by atoms with Gasteiger partial charge in [-0.25, -0.2) is 4.68 Å². The van der Waals surface area contributed by atoms with Gasteiger partial charge in [0.25, 0.3) is 11.5 Å². The molecule has 0 spiro atoms. The van der Waals surface area contributed by atoms with Crippen molar-refractivity contribution in [3.05, 3.63) is 81.2 Å². The summed E-state index contributed by atoms with van der Waals surface area (Å²) in [6.45, 7) is 1.88. The molecule has 3 aromatic rings. The van der Waals surface area contributed by atoms with E-state index in [-0.39, 0.29) is 36.0 Å². The number of rotatable bonds is 6. The van der Waals surface area contributed by atoms with Crippen LogP contribution in [0.25, 0.3) is 5.69 Å². The SMILES string of the molecule is Cc1c(NC(=O)CCNC(=O)c2ccccc2Cl)c(=O)n(-c2ccccc2)n1C. The zero-order chi connectivity index (χ0) is 21.0. The normalized spacial score (nSPS) is 10.6. The van der Waals surface area contributed by atoms with E-state index in [1.54, 1.807) is 42.9 Å². The van der Waals surface area contributed by atoms with E-state index in [9.17, 15) is 14.4 Å². The second kappa shape index (κ2) is 8.79. The monoisotopic (exact) mass is 412 g/mol. The fourth-order valence-corrected chi connectivity index (χ4v) is 3.17. The molecule has 0 aliphatic heterocycles. The predicted molar refractivity (Wildman–Crippen MR) is 113 cm³/mol. The lowest BCUT2D eigenvalue weighted by Crippen LogP contribution is -2.29. The number of hydrogen-bond donors (Lipinski definition) is 2. The molecule has 8 heteroatoms. The van der Waals surface area contributed by atoms with Gasteiger partial charge in [0.1, 0.15) is 5.69 Å². The molecule has 29 heavy (non-hydrogen) atoms. The number of carbonyl (C=O) groups excluding carboxylic acids is 2. The van der Waals surface area contributed by atoms with Crippen molar-refractivity contribution < 1.29 is 9.59 Å². The van der Waals surface area contributed by atoms with Gasteiger partial charge in [0.2, 0.25) is 5.91 Å². The topological polar surface area (TPSA) is 85.1 Å². The summed E-state index contributed by atoms with van der Waals surface area (Å²) in [5.41, 5.74) is 1.59. The van der Waals surface area contributed by atoms with Gasteiger partial charge in [-0.05, 0) is 31.2 Å². The lowest BCUT2D eigenvalue weighted by molar-refractivity contribution is -0.116. The van der Waals surface area contributed by atoms with Gasteiger partial charge in [-0.15, -0.1) is 0 Å². The summed E-state index contributed by atoms with van der Waals surface area (Å²) < 4.78 is 3.18. The number of hydrogen-bond acceptors (Lipinski definition) is 3. The average molecular weight is 413 g/mol. The number of anilines is 1. The summed E-state index contributed by atoms with van der Waals surface area (Å²) in [5.74, 6) is -0.721. The number of benzene rings is 2. The highest BCUT2D eigenvalue weighted by Gasteiger charge is 2.18. The molecule has 3 rings (SSSR count). The fourth-order valence-electron chi connectivity index (χ4n) is 2.94. The first-order chi connectivity index (χ1) is 13.9. The van der Waals surface area contributed by atoms with E-state index < -0.39 is 0 Å². The zero-order valence-electron chi connectivity index (χ0n) is 16.1. The number of aromatic nitrogens is 2. The Bertz CT molecular complexity index is 1100. The Labute approximate surface area is 172 Å². The Hall–Kier alpha value is -3.32. The molecule has 0 aliphatic carbocycles. The Morgan fingerprint density at radius 3 is 2.38 bits per heavy atom. The lowest BCUT2D eigenvalue weighted by atomic mass is 10.2. The maximum absolute atomic E-state index is 12.8. The third-order valence-corrected chi connectivity index (χ3v) is 4.90. The van der Waals surface area contributed by atoms with Crippen molar-refractivity contribution in [1.82, 2.24) is 14.7 Å². The Balaban J connectivity index is 1.65. The van der Waals surface area contributed by atoms with Crippen molar-refractivity contribution in [2.75, 3.05) is 11.9 Å². The zero-order valence-corrected chi connectivity index (χ0v) is 16.9. The van der Waals surface area contributed by atoms with Crippen LogP contribution in [0.3, 0.4) is 0 Å². The van der Waals surface area contributed by atoms with Gasteiger partial charge in [0.05, 0.1) is 22.0 Å². The van der Waals surface area contributed by atoms with E-state index in [1.807, 2.05) is 30.3 Å². The number of nitrogens with zero attached hydrogens (tertiary/aromatic N) is 2. The van der Waals surface area contributed by atoms with Crippen molar-refractivity contribution in [2.45, 2.75) is 13.3 Å². The first-order valence-electron chi connectivity index (χ1n) is 9.06. The van der Waals surface area contributed by atoms with Crippen LogP contribution in [0.1, 0.15) is 22.5 Å². The molecule has 1 heterocycles. The van der Waals surface area contributed by atoms with Crippen LogP contribution in [0, 0.1) is 6.92 Å². The van der Waals surface area contributed by atoms with Gasteiger partial charge in [-0.3, -0.25) is 19.1 Å². The lowest BCUT2D eigenvalue weighted by Gasteiger charge is -2.07. The minimum Gasteiger partial charge on any atom is -0.351 e. The van der Waals surface area contributed by atoms with Gasteiger partial charge in [-0.1, -0.05) is 41.9 Å². The molecule has 0 unspecified atom stereocenters. The van der Waals surface area contributed by atoms with Crippen LogP contribution in [0.5, 0.6) is 0 Å². The van der Waals surface area contributed by atoms with Crippen LogP contribution in [-0.2, 0) is 11.8 Å². The highest BCUT2D eigenvalue weighted by Crippen LogP contribution is 2.15. The highest BCUT2D eigenvalue weighted by atomic mass is 35.5. The molecular formula is C21H21ClN4O3. The standard InChI is InChI=1S/C21H21ClN4O3/c1-14-19(21(29)26(25(14)2)15-8-4-3-5-9-15)24-18(27)12-13-23-20(28)16-10-6-7-11-17(16)22/h3-11H,12-13H2,1-2H3,(H,23,28)(H,24,27). The van der Waals surface area contributed by atoms with Crippen molar-refractivity contribution in [2.24, 2.45) is 7.05 Å². The molecule has 2 amide bonds. The van der Waals surface area contributed by atoms with Gasteiger partial charge in [0, 0.05) is 20.0 Å². The second-order valence-corrected chi connectivity index (χ2v) is 6.88. The Morgan fingerprint density at radius 2 is 1.69 bits per heavy atom. The molecule has 7 nitrogen and oxygen atoms in total. The van der Waals surface area contributed by atoms with Gasteiger partial charge < -0.3 is 10.6 Å². The van der Waals surface area contributed by atoms with Gasteiger partial charge in [0.15, 0.2) is 0 Å². The van der Waals surface area contributed by atoms with E-state index in [1.165, 1.54) is 4.68 Å². The van der Waals surface area contributed by atoms with Crippen molar-refractivity contribution >= 4 is 29.1 Å². The van der Waals surface area contributed by atoms with Crippen LogP contribution < -0.4 is 16.2 Å². The molecule has 0 saturated carbocycles. The first kappa shape index (κ1) is 20.4. The maximum Gasteiger partial charge on any atom is 0.295 e. The van der Waals surface area contributed by atoms with Crippen LogP contribution in [0.15, 0.2) is 59.4 Å². The first-order valence-corrected chi connectivity index (χ1v) is 9.44. The summed E-state index contributed by atoms with van der Waals surface area (Å²) in [7, 11) is 1.75. The summed E-state index contributed by atoms with van der Waals surface area (Å²) in [4.78, 5) is 37.2. The van der Waals surface area contributed by atoms with E-state index in [4.69, 9.17) is 11.6 Å². The summed E-state index contributed by atoms with van der Waals surface area (Å²) >= 11 is 5.99. The summed E-state index contributed by atoms with van der Waals surface area (Å²) in [6.07, 6.45) is 0.0231. The van der Waals surface area contributed by atoms with Crippen LogP contribution in [-0.4, -0.2) is 27.7 Å². The number of amides is 2. The van der Waals surface area contributed by atoms with Crippen LogP contribution in [0.4, 0.5) is 5.69 Å². The minimum absolute atomic E-state index is 0.0231.